The van der Waals surface area contributed by atoms with Crippen LogP contribution in [0.3, 0.4) is 0 Å². The SMILES string of the molecule is [C-]#[N+]c1sc2nc(-c3ccc(Cl)cc3)nc(N3CCN(C)CC3)c2c1C. The second-order valence-electron chi connectivity index (χ2n) is 6.49. The summed E-state index contributed by atoms with van der Waals surface area (Å²) in [4.78, 5) is 18.9. The summed E-state index contributed by atoms with van der Waals surface area (Å²) in [7, 11) is 2.14. The van der Waals surface area contributed by atoms with Gasteiger partial charge in [0.2, 0.25) is 5.00 Å². The van der Waals surface area contributed by atoms with Crippen molar-refractivity contribution in [1.29, 1.82) is 0 Å². The Hall–Kier alpha value is -2.20. The van der Waals surface area contributed by atoms with Crippen LogP contribution in [-0.2, 0) is 0 Å². The zero-order valence-electron chi connectivity index (χ0n) is 14.7. The minimum Gasteiger partial charge on any atom is -0.353 e. The molecular formula is C19H18ClN5S. The van der Waals surface area contributed by atoms with Crippen LogP contribution in [0.4, 0.5) is 10.8 Å². The lowest BCUT2D eigenvalue weighted by Gasteiger charge is -2.33. The van der Waals surface area contributed by atoms with Gasteiger partial charge in [0, 0.05) is 42.2 Å². The van der Waals surface area contributed by atoms with E-state index in [4.69, 9.17) is 28.1 Å². The summed E-state index contributed by atoms with van der Waals surface area (Å²) in [6, 6.07) is 7.58. The molecule has 1 aliphatic heterocycles. The van der Waals surface area contributed by atoms with Crippen molar-refractivity contribution in [3.05, 3.63) is 46.3 Å². The van der Waals surface area contributed by atoms with Crippen molar-refractivity contribution in [3.63, 3.8) is 0 Å². The maximum atomic E-state index is 7.45. The number of anilines is 1. The Labute approximate surface area is 161 Å². The van der Waals surface area contributed by atoms with Crippen LogP contribution in [0.5, 0.6) is 0 Å². The average molecular weight is 384 g/mol. The van der Waals surface area contributed by atoms with E-state index in [2.05, 4.69) is 21.7 Å². The lowest BCUT2D eigenvalue weighted by Crippen LogP contribution is -2.45. The average Bonchev–Trinajstić information content (AvgIpc) is 2.98. The van der Waals surface area contributed by atoms with Crippen LogP contribution >= 0.6 is 22.9 Å². The number of halogens is 1. The van der Waals surface area contributed by atoms with Crippen molar-refractivity contribution >= 4 is 44.0 Å². The van der Waals surface area contributed by atoms with Crippen LogP contribution in [0.25, 0.3) is 26.4 Å². The fourth-order valence-corrected chi connectivity index (χ4v) is 4.28. The third-order valence-electron chi connectivity index (χ3n) is 4.75. The molecule has 5 nitrogen and oxygen atoms in total. The second-order valence-corrected chi connectivity index (χ2v) is 7.91. The minimum absolute atomic E-state index is 0.681. The summed E-state index contributed by atoms with van der Waals surface area (Å²) in [6.45, 7) is 13.3. The summed E-state index contributed by atoms with van der Waals surface area (Å²) >= 11 is 7.47. The normalized spacial score (nSPS) is 15.4. The third-order valence-corrected chi connectivity index (χ3v) is 6.08. The second kappa shape index (κ2) is 6.84. The standard InChI is InChI=1S/C19H18ClN5S/c1-12-15-17(25-10-8-24(3)9-11-25)22-16(13-4-6-14(20)7-5-13)23-19(15)26-18(12)21-2/h4-7H,8-11H2,1,3H3. The molecule has 1 aromatic carbocycles. The van der Waals surface area contributed by atoms with Crippen LogP contribution in [0.2, 0.25) is 5.02 Å². The van der Waals surface area contributed by atoms with Crippen molar-refractivity contribution in [2.75, 3.05) is 38.1 Å². The number of likely N-dealkylation sites (N-methyl/N-ethyl adjacent to an activating group) is 1. The van der Waals surface area contributed by atoms with Gasteiger partial charge in [-0.05, 0) is 43.8 Å². The van der Waals surface area contributed by atoms with E-state index in [1.165, 1.54) is 11.3 Å². The van der Waals surface area contributed by atoms with E-state index in [9.17, 15) is 0 Å². The zero-order valence-corrected chi connectivity index (χ0v) is 16.2. The molecule has 0 atom stereocenters. The highest BCUT2D eigenvalue weighted by Gasteiger charge is 2.23. The smallest absolute Gasteiger partial charge is 0.246 e. The minimum atomic E-state index is 0.681. The molecule has 1 fully saturated rings. The lowest BCUT2D eigenvalue weighted by atomic mass is 10.2. The molecule has 26 heavy (non-hydrogen) atoms. The molecule has 0 unspecified atom stereocenters. The van der Waals surface area contributed by atoms with Crippen molar-refractivity contribution in [2.24, 2.45) is 0 Å². The molecule has 4 rings (SSSR count). The molecule has 0 N–H and O–H groups in total. The molecule has 0 bridgehead atoms. The number of nitrogens with zero attached hydrogens (tertiary/aromatic N) is 5. The largest absolute Gasteiger partial charge is 0.353 e. The van der Waals surface area contributed by atoms with Crippen molar-refractivity contribution in [3.8, 4) is 11.4 Å². The number of piperazine rings is 1. The van der Waals surface area contributed by atoms with Crippen LogP contribution < -0.4 is 4.90 Å². The van der Waals surface area contributed by atoms with Gasteiger partial charge < -0.3 is 9.80 Å². The van der Waals surface area contributed by atoms with Crippen molar-refractivity contribution in [1.82, 2.24) is 14.9 Å². The number of hydrogen-bond donors (Lipinski definition) is 0. The molecule has 1 saturated heterocycles. The fraction of sp³-hybridized carbons (Fsp3) is 0.316. The molecule has 3 heterocycles. The molecule has 0 amide bonds. The molecule has 0 radical (unpaired) electrons. The number of aryl methyl sites for hydroxylation is 1. The van der Waals surface area contributed by atoms with Gasteiger partial charge in [-0.25, -0.2) is 14.8 Å². The van der Waals surface area contributed by atoms with Gasteiger partial charge in [0.25, 0.3) is 0 Å². The molecule has 1 aliphatic rings. The number of rotatable bonds is 2. The van der Waals surface area contributed by atoms with Gasteiger partial charge in [0.15, 0.2) is 5.82 Å². The Morgan fingerprint density at radius 2 is 1.81 bits per heavy atom. The summed E-state index contributed by atoms with van der Waals surface area (Å²) in [5.74, 6) is 1.62. The molecule has 3 aromatic rings. The van der Waals surface area contributed by atoms with Gasteiger partial charge in [-0.3, -0.25) is 0 Å². The van der Waals surface area contributed by atoms with Gasteiger partial charge in [-0.1, -0.05) is 11.6 Å². The topological polar surface area (TPSA) is 36.6 Å². The number of thiophene rings is 1. The maximum Gasteiger partial charge on any atom is 0.246 e. The highest BCUT2D eigenvalue weighted by Crippen LogP contribution is 2.41. The fourth-order valence-electron chi connectivity index (χ4n) is 3.19. The number of hydrogen-bond acceptors (Lipinski definition) is 5. The molecule has 2 aromatic heterocycles. The van der Waals surface area contributed by atoms with Crippen LogP contribution in [0, 0.1) is 13.5 Å². The van der Waals surface area contributed by atoms with Crippen LogP contribution in [0.15, 0.2) is 24.3 Å². The summed E-state index contributed by atoms with van der Waals surface area (Å²) in [6.07, 6.45) is 0. The Bertz CT molecular complexity index is 997. The third kappa shape index (κ3) is 3.03. The van der Waals surface area contributed by atoms with Crippen LogP contribution in [-0.4, -0.2) is 48.1 Å². The lowest BCUT2D eigenvalue weighted by molar-refractivity contribution is 0.312. The van der Waals surface area contributed by atoms with Crippen molar-refractivity contribution in [2.45, 2.75) is 6.92 Å². The molecular weight excluding hydrogens is 366 g/mol. The van der Waals surface area contributed by atoms with Gasteiger partial charge in [-0.2, -0.15) is 0 Å². The van der Waals surface area contributed by atoms with Gasteiger partial charge in [0.05, 0.1) is 6.57 Å². The number of aromatic nitrogens is 2. The zero-order chi connectivity index (χ0) is 18.3. The van der Waals surface area contributed by atoms with E-state index in [1.54, 1.807) is 0 Å². The molecule has 0 spiro atoms. The van der Waals surface area contributed by atoms with E-state index in [0.717, 1.165) is 53.3 Å². The monoisotopic (exact) mass is 383 g/mol. The predicted octanol–water partition coefficient (Wildman–Crippen LogP) is 4.62. The quantitative estimate of drug-likeness (QED) is 0.605. The molecule has 0 saturated carbocycles. The van der Waals surface area contributed by atoms with Crippen LogP contribution in [0.1, 0.15) is 5.56 Å². The highest BCUT2D eigenvalue weighted by molar-refractivity contribution is 7.22. The van der Waals surface area contributed by atoms with Gasteiger partial charge in [-0.15, -0.1) is 11.3 Å². The van der Waals surface area contributed by atoms with Gasteiger partial charge in [0.1, 0.15) is 10.6 Å². The predicted molar refractivity (Wildman–Crippen MR) is 109 cm³/mol. The summed E-state index contributed by atoms with van der Waals surface area (Å²) in [5.41, 5.74) is 1.92. The highest BCUT2D eigenvalue weighted by atomic mass is 35.5. The van der Waals surface area contributed by atoms with E-state index >= 15 is 0 Å². The Kier molecular flexibility index (Phi) is 4.53. The first-order valence-corrected chi connectivity index (χ1v) is 9.64. The molecule has 132 valence electrons. The first-order valence-electron chi connectivity index (χ1n) is 8.45. The Balaban J connectivity index is 1.90. The van der Waals surface area contributed by atoms with Gasteiger partial charge >= 0.3 is 0 Å². The maximum absolute atomic E-state index is 7.45. The Morgan fingerprint density at radius 1 is 1.12 bits per heavy atom. The molecule has 0 aliphatic carbocycles. The van der Waals surface area contributed by atoms with Crippen molar-refractivity contribution < 1.29 is 0 Å². The summed E-state index contributed by atoms with van der Waals surface area (Å²) in [5, 5.41) is 2.40. The number of benzene rings is 1. The van der Waals surface area contributed by atoms with E-state index in [-0.39, 0.29) is 0 Å². The number of fused-ring (bicyclic) bond motifs is 1. The first kappa shape index (κ1) is 17.2. The van der Waals surface area contributed by atoms with E-state index in [0.29, 0.717) is 15.8 Å². The van der Waals surface area contributed by atoms with E-state index < -0.39 is 0 Å². The Morgan fingerprint density at radius 3 is 2.46 bits per heavy atom. The first-order chi connectivity index (χ1) is 12.6. The summed E-state index contributed by atoms with van der Waals surface area (Å²) < 4.78 is 0. The molecule has 7 heteroatoms. The van der Waals surface area contributed by atoms with E-state index in [1.807, 2.05) is 31.2 Å².